The van der Waals surface area contributed by atoms with Crippen LogP contribution in [0.3, 0.4) is 0 Å². The largest absolute Gasteiger partial charge is 0.508 e. The van der Waals surface area contributed by atoms with Crippen LogP contribution in [0.4, 0.5) is 11.5 Å². The molecule has 1 amide bonds. The molecule has 3 N–H and O–H groups in total. The smallest absolute Gasteiger partial charge is 0.326 e. The molecule has 9 heteroatoms. The quantitative estimate of drug-likeness (QED) is 0.272. The van der Waals surface area contributed by atoms with Crippen LogP contribution in [0.15, 0.2) is 77.2 Å². The molecule has 1 aliphatic heterocycles. The number of para-hydroxylation sites is 1. The van der Waals surface area contributed by atoms with Crippen LogP contribution in [0.25, 0.3) is 33.2 Å². The lowest BCUT2D eigenvalue weighted by Gasteiger charge is -2.22. The molecule has 1 saturated heterocycles. The molecular formula is C30H26N4O5. The Bertz CT molecular complexity index is 1710. The highest BCUT2D eigenvalue weighted by molar-refractivity contribution is 6.06. The second-order valence-corrected chi connectivity index (χ2v) is 9.86. The van der Waals surface area contributed by atoms with E-state index in [0.717, 1.165) is 16.5 Å². The molecule has 6 rings (SSSR count). The number of anilines is 2. The molecular weight excluding hydrogens is 496 g/mol. The molecule has 9 nitrogen and oxygen atoms in total. The van der Waals surface area contributed by atoms with E-state index in [0.29, 0.717) is 47.0 Å². The van der Waals surface area contributed by atoms with Gasteiger partial charge in [0.15, 0.2) is 11.4 Å². The SMILES string of the molecule is Cc1nc(N2C[C@@H](CC(=O)Nc3ccc(-c4cccc(O)c4)cc3)C[C@H]2C(=O)O)c2oc3ccccc3c2n1. The molecule has 196 valence electrons. The van der Waals surface area contributed by atoms with E-state index in [2.05, 4.69) is 15.3 Å². The first-order valence-corrected chi connectivity index (χ1v) is 12.7. The van der Waals surface area contributed by atoms with Crippen LogP contribution in [0.2, 0.25) is 0 Å². The number of hydrogen-bond donors (Lipinski definition) is 3. The van der Waals surface area contributed by atoms with Gasteiger partial charge in [-0.2, -0.15) is 0 Å². The van der Waals surface area contributed by atoms with E-state index >= 15 is 0 Å². The zero-order valence-corrected chi connectivity index (χ0v) is 21.2. The van der Waals surface area contributed by atoms with E-state index in [-0.39, 0.29) is 24.0 Å². The number of carbonyl (C=O) groups is 2. The molecule has 3 heterocycles. The maximum absolute atomic E-state index is 12.9. The van der Waals surface area contributed by atoms with Crippen molar-refractivity contribution in [2.75, 3.05) is 16.8 Å². The second kappa shape index (κ2) is 9.75. The van der Waals surface area contributed by atoms with Crippen molar-refractivity contribution in [2.24, 2.45) is 5.92 Å². The third kappa shape index (κ3) is 4.74. The molecule has 0 unspecified atom stereocenters. The molecule has 2 atom stereocenters. The van der Waals surface area contributed by atoms with Crippen LogP contribution in [0.5, 0.6) is 5.75 Å². The fourth-order valence-corrected chi connectivity index (χ4v) is 5.32. The number of aromatic hydroxyl groups is 1. The van der Waals surface area contributed by atoms with Gasteiger partial charge in [-0.3, -0.25) is 4.79 Å². The minimum atomic E-state index is -0.971. The van der Waals surface area contributed by atoms with Crippen molar-refractivity contribution >= 4 is 45.5 Å². The summed E-state index contributed by atoms with van der Waals surface area (Å²) >= 11 is 0. The first-order chi connectivity index (χ1) is 18.9. The van der Waals surface area contributed by atoms with Gasteiger partial charge in [0.25, 0.3) is 0 Å². The number of carbonyl (C=O) groups excluding carboxylic acids is 1. The van der Waals surface area contributed by atoms with E-state index in [4.69, 9.17) is 4.42 Å². The van der Waals surface area contributed by atoms with Gasteiger partial charge in [0.05, 0.1) is 0 Å². The van der Waals surface area contributed by atoms with E-state index in [9.17, 15) is 19.8 Å². The highest BCUT2D eigenvalue weighted by Crippen LogP contribution is 2.38. The number of nitrogens with one attached hydrogen (secondary N) is 1. The van der Waals surface area contributed by atoms with E-state index in [1.807, 2.05) is 42.5 Å². The first kappa shape index (κ1) is 24.4. The molecule has 5 aromatic rings. The number of amides is 1. The van der Waals surface area contributed by atoms with Gasteiger partial charge in [-0.25, -0.2) is 14.8 Å². The van der Waals surface area contributed by atoms with Gasteiger partial charge in [-0.1, -0.05) is 36.4 Å². The summed E-state index contributed by atoms with van der Waals surface area (Å²) in [4.78, 5) is 36.0. The van der Waals surface area contributed by atoms with Crippen LogP contribution in [0.1, 0.15) is 18.7 Å². The molecule has 1 aliphatic rings. The number of fused-ring (bicyclic) bond motifs is 3. The summed E-state index contributed by atoms with van der Waals surface area (Å²) in [5, 5.41) is 23.5. The van der Waals surface area contributed by atoms with Gasteiger partial charge in [-0.05, 0) is 66.8 Å². The summed E-state index contributed by atoms with van der Waals surface area (Å²) in [6, 6.07) is 21.0. The molecule has 0 bridgehead atoms. The first-order valence-electron chi connectivity index (χ1n) is 12.7. The summed E-state index contributed by atoms with van der Waals surface area (Å²) in [5.41, 5.74) is 4.18. The summed E-state index contributed by atoms with van der Waals surface area (Å²) < 4.78 is 6.07. The normalized spacial score (nSPS) is 17.1. The number of hydrogen-bond acceptors (Lipinski definition) is 7. The number of carboxylic acids is 1. The zero-order valence-electron chi connectivity index (χ0n) is 21.2. The predicted octanol–water partition coefficient (Wildman–Crippen LogP) is 5.37. The Kier molecular flexibility index (Phi) is 6.11. The second-order valence-electron chi connectivity index (χ2n) is 9.86. The van der Waals surface area contributed by atoms with Crippen LogP contribution in [-0.2, 0) is 9.59 Å². The van der Waals surface area contributed by atoms with Crippen LogP contribution < -0.4 is 10.2 Å². The number of rotatable bonds is 6. The fourth-order valence-electron chi connectivity index (χ4n) is 5.32. The number of furan rings is 1. The number of aliphatic carboxylic acids is 1. The van der Waals surface area contributed by atoms with Crippen molar-refractivity contribution in [3.63, 3.8) is 0 Å². The minimum Gasteiger partial charge on any atom is -0.508 e. The number of nitrogens with zero attached hydrogens (tertiary/aromatic N) is 3. The van der Waals surface area contributed by atoms with Gasteiger partial charge in [0.2, 0.25) is 5.91 Å². The van der Waals surface area contributed by atoms with Gasteiger partial charge in [0, 0.05) is 24.0 Å². The lowest BCUT2D eigenvalue weighted by atomic mass is 10.0. The summed E-state index contributed by atoms with van der Waals surface area (Å²) in [5.74, 6) is -0.208. The highest BCUT2D eigenvalue weighted by atomic mass is 16.4. The number of aromatic nitrogens is 2. The Morgan fingerprint density at radius 3 is 2.59 bits per heavy atom. The van der Waals surface area contributed by atoms with Crippen molar-refractivity contribution in [3.8, 4) is 16.9 Å². The number of aryl methyl sites for hydroxylation is 1. The maximum atomic E-state index is 12.9. The lowest BCUT2D eigenvalue weighted by molar-refractivity contribution is -0.138. The van der Waals surface area contributed by atoms with Gasteiger partial charge >= 0.3 is 5.97 Å². The summed E-state index contributed by atoms with van der Waals surface area (Å²) in [6.07, 6.45) is 0.478. The third-order valence-electron chi connectivity index (χ3n) is 7.08. The fraction of sp³-hybridized carbons (Fsp3) is 0.200. The van der Waals surface area contributed by atoms with Crippen LogP contribution in [0, 0.1) is 12.8 Å². The third-order valence-corrected chi connectivity index (χ3v) is 7.08. The maximum Gasteiger partial charge on any atom is 0.326 e. The van der Waals surface area contributed by atoms with Crippen LogP contribution in [-0.4, -0.2) is 44.6 Å². The predicted molar refractivity (Wildman–Crippen MR) is 148 cm³/mol. The monoisotopic (exact) mass is 522 g/mol. The van der Waals surface area contributed by atoms with Crippen LogP contribution >= 0.6 is 0 Å². The Hall–Kier alpha value is -4.92. The molecule has 0 radical (unpaired) electrons. The number of phenols is 1. The van der Waals surface area contributed by atoms with Crippen molar-refractivity contribution in [2.45, 2.75) is 25.8 Å². The molecule has 1 fully saturated rings. The molecule has 0 aliphatic carbocycles. The van der Waals surface area contributed by atoms with Crippen molar-refractivity contribution in [3.05, 3.63) is 78.6 Å². The Balaban J connectivity index is 1.20. The van der Waals surface area contributed by atoms with E-state index in [1.54, 1.807) is 42.2 Å². The minimum absolute atomic E-state index is 0.169. The molecule has 3 aromatic carbocycles. The van der Waals surface area contributed by atoms with E-state index in [1.165, 1.54) is 0 Å². The van der Waals surface area contributed by atoms with Gasteiger partial charge < -0.3 is 24.8 Å². The molecule has 39 heavy (non-hydrogen) atoms. The standard InChI is InChI=1S/C30H26N4O5/c1-17-31-27-23-7-2-3-8-25(23)39-28(27)29(32-17)34-16-18(13-24(34)30(37)38)14-26(36)33-21-11-9-19(10-12-21)20-5-4-6-22(35)15-20/h2-12,15,18,24,35H,13-14,16H2,1H3,(H,33,36)(H,37,38)/t18-,24+/m1/s1. The van der Waals surface area contributed by atoms with Gasteiger partial charge in [0.1, 0.15) is 28.7 Å². The summed E-state index contributed by atoms with van der Waals surface area (Å²) in [6.45, 7) is 2.12. The van der Waals surface area contributed by atoms with Crippen molar-refractivity contribution in [1.29, 1.82) is 0 Å². The molecule has 0 saturated carbocycles. The molecule has 0 spiro atoms. The topological polar surface area (TPSA) is 129 Å². The number of benzene rings is 3. The average Bonchev–Trinajstić information content (AvgIpc) is 3.50. The zero-order chi connectivity index (χ0) is 27.1. The average molecular weight is 523 g/mol. The number of phenolic OH excluding ortho intramolecular Hbond substituents is 1. The Morgan fingerprint density at radius 2 is 1.82 bits per heavy atom. The highest BCUT2D eigenvalue weighted by Gasteiger charge is 2.40. The van der Waals surface area contributed by atoms with E-state index < -0.39 is 12.0 Å². The molecule has 2 aromatic heterocycles. The number of carboxylic acid groups (broad SMARTS) is 1. The Labute approximate surface area is 223 Å². The van der Waals surface area contributed by atoms with Crippen molar-refractivity contribution in [1.82, 2.24) is 9.97 Å². The summed E-state index contributed by atoms with van der Waals surface area (Å²) in [7, 11) is 0. The van der Waals surface area contributed by atoms with Gasteiger partial charge in [-0.15, -0.1) is 0 Å². The van der Waals surface area contributed by atoms with Crippen molar-refractivity contribution < 1.29 is 24.2 Å². The lowest BCUT2D eigenvalue weighted by Crippen LogP contribution is -2.36. The Morgan fingerprint density at radius 1 is 1.03 bits per heavy atom.